The second kappa shape index (κ2) is 6.11. The molecule has 0 spiro atoms. The maximum Gasteiger partial charge on any atom is 0.0825 e. The van der Waals surface area contributed by atoms with Gasteiger partial charge >= 0.3 is 0 Å². The molecule has 0 bridgehead atoms. The zero-order valence-electron chi connectivity index (χ0n) is 13.1. The molecule has 5 heteroatoms. The van der Waals surface area contributed by atoms with Crippen LogP contribution in [0.1, 0.15) is 57.6 Å². The van der Waals surface area contributed by atoms with Crippen LogP contribution in [0.2, 0.25) is 0 Å². The van der Waals surface area contributed by atoms with E-state index in [9.17, 15) is 0 Å². The maximum absolute atomic E-state index is 4.52. The van der Waals surface area contributed by atoms with E-state index in [4.69, 9.17) is 0 Å². The molecule has 0 aliphatic heterocycles. The third kappa shape index (κ3) is 3.03. The van der Waals surface area contributed by atoms with Gasteiger partial charge in [-0.25, -0.2) is 0 Å². The molecule has 0 aliphatic carbocycles. The quantitative estimate of drug-likeness (QED) is 0.877. The number of aryl methyl sites for hydroxylation is 1. The molecule has 1 N–H and O–H groups in total. The number of nitrogens with zero attached hydrogens (tertiary/aromatic N) is 4. The Kier molecular flexibility index (Phi) is 4.47. The van der Waals surface area contributed by atoms with Crippen LogP contribution >= 0.6 is 0 Å². The SMILES string of the molecule is CC[C@H](C)n1nccc1CNc1cn(C(C)C)nc1C. The van der Waals surface area contributed by atoms with E-state index >= 15 is 0 Å². The average molecular weight is 275 g/mol. The van der Waals surface area contributed by atoms with Crippen molar-refractivity contribution in [2.45, 2.75) is 59.7 Å². The van der Waals surface area contributed by atoms with Crippen molar-refractivity contribution in [1.82, 2.24) is 19.6 Å². The molecule has 110 valence electrons. The summed E-state index contributed by atoms with van der Waals surface area (Å²) in [4.78, 5) is 0. The molecule has 0 saturated carbocycles. The van der Waals surface area contributed by atoms with E-state index in [1.165, 1.54) is 5.69 Å². The van der Waals surface area contributed by atoms with Crippen molar-refractivity contribution in [2.24, 2.45) is 0 Å². The molecule has 0 radical (unpaired) electrons. The van der Waals surface area contributed by atoms with E-state index in [0.29, 0.717) is 12.1 Å². The van der Waals surface area contributed by atoms with Crippen molar-refractivity contribution in [1.29, 1.82) is 0 Å². The molecule has 1 atom stereocenters. The van der Waals surface area contributed by atoms with Gasteiger partial charge in [0, 0.05) is 24.5 Å². The fraction of sp³-hybridized carbons (Fsp3) is 0.600. The Labute approximate surface area is 121 Å². The van der Waals surface area contributed by atoms with Crippen molar-refractivity contribution < 1.29 is 0 Å². The molecule has 0 aromatic carbocycles. The predicted molar refractivity (Wildman–Crippen MR) is 81.9 cm³/mol. The van der Waals surface area contributed by atoms with E-state index < -0.39 is 0 Å². The van der Waals surface area contributed by atoms with Crippen molar-refractivity contribution in [3.05, 3.63) is 29.8 Å². The molecular weight excluding hydrogens is 250 g/mol. The molecule has 0 fully saturated rings. The molecule has 2 aromatic rings. The number of aromatic nitrogens is 4. The Balaban J connectivity index is 2.07. The van der Waals surface area contributed by atoms with Crippen LogP contribution in [-0.2, 0) is 6.54 Å². The predicted octanol–water partition coefficient (Wildman–Crippen LogP) is 3.55. The minimum atomic E-state index is 0.384. The van der Waals surface area contributed by atoms with Crippen LogP contribution in [0, 0.1) is 6.92 Å². The highest BCUT2D eigenvalue weighted by Crippen LogP contribution is 2.18. The normalized spacial score (nSPS) is 12.9. The van der Waals surface area contributed by atoms with Gasteiger partial charge in [-0.05, 0) is 40.2 Å². The molecule has 0 saturated heterocycles. The van der Waals surface area contributed by atoms with Gasteiger partial charge < -0.3 is 5.32 Å². The minimum absolute atomic E-state index is 0.384. The van der Waals surface area contributed by atoms with E-state index in [1.54, 1.807) is 0 Å². The Morgan fingerprint density at radius 3 is 2.65 bits per heavy atom. The summed E-state index contributed by atoms with van der Waals surface area (Å²) < 4.78 is 4.08. The molecule has 20 heavy (non-hydrogen) atoms. The van der Waals surface area contributed by atoms with Gasteiger partial charge in [-0.1, -0.05) is 6.92 Å². The summed E-state index contributed by atoms with van der Waals surface area (Å²) in [6.45, 7) is 11.4. The lowest BCUT2D eigenvalue weighted by Crippen LogP contribution is -2.12. The maximum atomic E-state index is 4.52. The van der Waals surface area contributed by atoms with E-state index in [2.05, 4.69) is 60.2 Å². The van der Waals surface area contributed by atoms with Crippen LogP contribution < -0.4 is 5.32 Å². The van der Waals surface area contributed by atoms with E-state index in [-0.39, 0.29) is 0 Å². The largest absolute Gasteiger partial charge is 0.377 e. The standard InChI is InChI=1S/C15H25N5/c1-6-12(4)20-14(7-8-17-20)9-16-15-10-19(11(2)3)18-13(15)5/h7-8,10-12,16H,6,9H2,1-5H3/t12-/m0/s1. The van der Waals surface area contributed by atoms with E-state index in [1.807, 2.05) is 17.8 Å². The monoisotopic (exact) mass is 275 g/mol. The van der Waals surface area contributed by atoms with Gasteiger partial charge in [0.1, 0.15) is 0 Å². The summed E-state index contributed by atoms with van der Waals surface area (Å²) in [6, 6.07) is 2.89. The topological polar surface area (TPSA) is 47.7 Å². The summed E-state index contributed by atoms with van der Waals surface area (Å²) >= 11 is 0. The van der Waals surface area contributed by atoms with Crippen LogP contribution in [-0.4, -0.2) is 19.6 Å². The minimum Gasteiger partial charge on any atom is -0.377 e. The molecule has 0 aliphatic rings. The average Bonchev–Trinajstić information content (AvgIpc) is 3.02. The zero-order chi connectivity index (χ0) is 14.7. The van der Waals surface area contributed by atoms with Gasteiger partial charge in [0.2, 0.25) is 0 Å². The lowest BCUT2D eigenvalue weighted by Gasteiger charge is -2.14. The summed E-state index contributed by atoms with van der Waals surface area (Å²) in [5.74, 6) is 0. The molecular formula is C15H25N5. The number of nitrogens with one attached hydrogen (secondary N) is 1. The summed E-state index contributed by atoms with van der Waals surface area (Å²) in [6.07, 6.45) is 5.02. The molecule has 5 nitrogen and oxygen atoms in total. The van der Waals surface area contributed by atoms with Gasteiger partial charge in [-0.15, -0.1) is 0 Å². The molecule has 2 rings (SSSR count). The van der Waals surface area contributed by atoms with Gasteiger partial charge in [0.15, 0.2) is 0 Å². The molecule has 0 amide bonds. The highest BCUT2D eigenvalue weighted by molar-refractivity contribution is 5.45. The van der Waals surface area contributed by atoms with Crippen molar-refractivity contribution in [3.8, 4) is 0 Å². The van der Waals surface area contributed by atoms with Crippen LogP contribution in [0.3, 0.4) is 0 Å². The second-order valence-electron chi connectivity index (χ2n) is 5.58. The fourth-order valence-corrected chi connectivity index (χ4v) is 2.16. The number of hydrogen-bond donors (Lipinski definition) is 1. The second-order valence-corrected chi connectivity index (χ2v) is 5.58. The Morgan fingerprint density at radius 2 is 2.05 bits per heavy atom. The number of anilines is 1. The van der Waals surface area contributed by atoms with Gasteiger partial charge in [-0.2, -0.15) is 10.2 Å². The first-order valence-electron chi connectivity index (χ1n) is 7.35. The Bertz CT molecular complexity index is 552. The van der Waals surface area contributed by atoms with Gasteiger partial charge in [0.05, 0.1) is 23.6 Å². The first-order chi connectivity index (χ1) is 9.52. The van der Waals surface area contributed by atoms with Crippen molar-refractivity contribution >= 4 is 5.69 Å². The molecule has 0 unspecified atom stereocenters. The lowest BCUT2D eigenvalue weighted by molar-refractivity contribution is 0.462. The molecule has 2 heterocycles. The lowest BCUT2D eigenvalue weighted by atomic mass is 10.2. The highest BCUT2D eigenvalue weighted by Gasteiger charge is 2.10. The Hall–Kier alpha value is -1.78. The summed E-state index contributed by atoms with van der Waals surface area (Å²) in [5.41, 5.74) is 3.33. The van der Waals surface area contributed by atoms with Gasteiger partial charge in [-0.3, -0.25) is 9.36 Å². The zero-order valence-corrected chi connectivity index (χ0v) is 13.1. The van der Waals surface area contributed by atoms with Crippen molar-refractivity contribution in [3.63, 3.8) is 0 Å². The van der Waals surface area contributed by atoms with Crippen LogP contribution in [0.25, 0.3) is 0 Å². The van der Waals surface area contributed by atoms with Gasteiger partial charge in [0.25, 0.3) is 0 Å². The van der Waals surface area contributed by atoms with Crippen LogP contribution in [0.5, 0.6) is 0 Å². The van der Waals surface area contributed by atoms with Crippen LogP contribution in [0.15, 0.2) is 18.5 Å². The first-order valence-corrected chi connectivity index (χ1v) is 7.35. The summed E-state index contributed by atoms with van der Waals surface area (Å²) in [5, 5.41) is 12.4. The number of hydrogen-bond acceptors (Lipinski definition) is 3. The number of rotatable bonds is 6. The highest BCUT2D eigenvalue weighted by atomic mass is 15.3. The van der Waals surface area contributed by atoms with E-state index in [0.717, 1.165) is 24.3 Å². The van der Waals surface area contributed by atoms with Crippen molar-refractivity contribution in [2.75, 3.05) is 5.32 Å². The third-order valence-electron chi connectivity index (χ3n) is 3.67. The smallest absolute Gasteiger partial charge is 0.0825 e. The first kappa shape index (κ1) is 14.6. The molecule has 2 aromatic heterocycles. The fourth-order valence-electron chi connectivity index (χ4n) is 2.16. The Morgan fingerprint density at radius 1 is 1.30 bits per heavy atom. The summed E-state index contributed by atoms with van der Waals surface area (Å²) in [7, 11) is 0. The van der Waals surface area contributed by atoms with Crippen LogP contribution in [0.4, 0.5) is 5.69 Å². The third-order valence-corrected chi connectivity index (χ3v) is 3.67.